The van der Waals surface area contributed by atoms with Crippen LogP contribution in [0.1, 0.15) is 81.1 Å². The molecule has 0 aliphatic carbocycles. The maximum Gasteiger partial charge on any atom is 0.259 e. The number of ether oxygens (including phenoxy) is 1. The lowest BCUT2D eigenvalue weighted by molar-refractivity contribution is 0.102. The van der Waals surface area contributed by atoms with Gasteiger partial charge in [0.15, 0.2) is 5.75 Å². The average Bonchev–Trinajstić information content (AvgIpc) is 3.72. The quantitative estimate of drug-likeness (QED) is 0.0378. The third kappa shape index (κ3) is 10.6. The second-order valence-electron chi connectivity index (χ2n) is 18.0. The molecule has 7 aromatic rings. The van der Waals surface area contributed by atoms with E-state index in [-0.39, 0.29) is 17.0 Å². The number of nitrogens with zero attached hydrogens (tertiary/aromatic N) is 7. The molecule has 2 atom stereocenters. The number of piperidine rings is 2. The summed E-state index contributed by atoms with van der Waals surface area (Å²) in [6.45, 7) is 12.5. The Kier molecular flexibility index (Phi) is 14.0. The number of hydrogen-bond acceptors (Lipinski definition) is 13. The summed E-state index contributed by atoms with van der Waals surface area (Å²) in [5.74, 6) is 1.38. The first kappa shape index (κ1) is 45.3. The summed E-state index contributed by atoms with van der Waals surface area (Å²) in [5, 5.41) is 37.9. The van der Waals surface area contributed by atoms with Gasteiger partial charge in [-0.25, -0.2) is 0 Å². The summed E-state index contributed by atoms with van der Waals surface area (Å²) >= 11 is 0. The van der Waals surface area contributed by atoms with Crippen molar-refractivity contribution in [3.05, 3.63) is 96.1 Å². The van der Waals surface area contributed by atoms with Crippen molar-refractivity contribution in [3.8, 4) is 11.5 Å². The minimum atomic E-state index is -0.481. The number of amides is 1. The van der Waals surface area contributed by atoms with Crippen LogP contribution in [-0.2, 0) is 0 Å². The number of carbonyl (C=O) groups is 1. The summed E-state index contributed by atoms with van der Waals surface area (Å²) < 4.78 is 5.35. The SMILES string of the molecule is COc1ccc(NC(=O)c2cc3ccc4c5ccccc5[nH]c4c3c(N=Nc3ccc(Nc4nc(NCCCN5CCCCC5C)nc(NCCCN5CCCCC5C)n4)cc3)c2O)c(C)c1. The minimum absolute atomic E-state index is 0.0694. The number of azo groups is 1. The molecule has 67 heavy (non-hydrogen) atoms. The van der Waals surface area contributed by atoms with Crippen LogP contribution >= 0.6 is 0 Å². The highest BCUT2D eigenvalue weighted by atomic mass is 16.5. The van der Waals surface area contributed by atoms with E-state index in [9.17, 15) is 9.90 Å². The molecule has 2 fully saturated rings. The first-order valence-electron chi connectivity index (χ1n) is 23.9. The highest BCUT2D eigenvalue weighted by Crippen LogP contribution is 2.44. The number of methoxy groups -OCH3 is 1. The van der Waals surface area contributed by atoms with Crippen molar-refractivity contribution in [2.45, 2.75) is 84.2 Å². The normalized spacial score (nSPS) is 17.1. The fourth-order valence-corrected chi connectivity index (χ4v) is 9.53. The molecule has 15 nitrogen and oxygen atoms in total. The van der Waals surface area contributed by atoms with E-state index in [0.717, 1.165) is 90.6 Å². The molecule has 2 saturated heterocycles. The van der Waals surface area contributed by atoms with Gasteiger partial charge in [0, 0.05) is 71.3 Å². The molecule has 0 spiro atoms. The molecule has 0 radical (unpaired) electrons. The number of nitrogens with one attached hydrogen (secondary N) is 5. The predicted octanol–water partition coefficient (Wildman–Crippen LogP) is 11.4. The Morgan fingerprint density at radius 3 is 2.12 bits per heavy atom. The number of rotatable bonds is 17. The number of fused-ring (bicyclic) bond motifs is 5. The van der Waals surface area contributed by atoms with Crippen LogP contribution in [0.2, 0.25) is 0 Å². The third-order valence-electron chi connectivity index (χ3n) is 13.4. The molecule has 2 aliphatic heterocycles. The molecule has 2 aromatic heterocycles. The molecule has 348 valence electrons. The predicted molar refractivity (Wildman–Crippen MR) is 270 cm³/mol. The van der Waals surface area contributed by atoms with Crippen molar-refractivity contribution in [3.63, 3.8) is 0 Å². The van der Waals surface area contributed by atoms with Crippen molar-refractivity contribution < 1.29 is 14.6 Å². The Morgan fingerprint density at radius 1 is 0.791 bits per heavy atom. The van der Waals surface area contributed by atoms with Crippen LogP contribution < -0.4 is 26.0 Å². The average molecular weight is 903 g/mol. The number of H-pyrrole nitrogens is 1. The molecule has 0 saturated carbocycles. The van der Waals surface area contributed by atoms with Gasteiger partial charge in [0.1, 0.15) is 11.4 Å². The highest BCUT2D eigenvalue weighted by molar-refractivity contribution is 6.22. The Hall–Kier alpha value is -6.84. The second-order valence-corrected chi connectivity index (χ2v) is 18.0. The number of phenols is 1. The monoisotopic (exact) mass is 903 g/mol. The van der Waals surface area contributed by atoms with E-state index in [2.05, 4.69) is 66.2 Å². The number of likely N-dealkylation sites (tertiary alicyclic amines) is 2. The van der Waals surface area contributed by atoms with Gasteiger partial charge >= 0.3 is 0 Å². The van der Waals surface area contributed by atoms with Crippen LogP contribution in [0, 0.1) is 6.92 Å². The van der Waals surface area contributed by atoms with E-state index in [1.807, 2.05) is 67.6 Å². The van der Waals surface area contributed by atoms with Gasteiger partial charge in [-0.3, -0.25) is 4.79 Å². The number of aromatic amines is 1. The van der Waals surface area contributed by atoms with Crippen LogP contribution in [0.4, 0.5) is 40.6 Å². The number of aromatic hydroxyl groups is 1. The fourth-order valence-electron chi connectivity index (χ4n) is 9.53. The molecule has 2 unspecified atom stereocenters. The lowest BCUT2D eigenvalue weighted by atomic mass is 10.00. The molecule has 15 heteroatoms. The van der Waals surface area contributed by atoms with Gasteiger partial charge in [0.2, 0.25) is 17.8 Å². The smallest absolute Gasteiger partial charge is 0.259 e. The summed E-state index contributed by atoms with van der Waals surface area (Å²) in [5.41, 5.74) is 4.68. The van der Waals surface area contributed by atoms with Crippen molar-refractivity contribution in [1.82, 2.24) is 29.7 Å². The zero-order chi connectivity index (χ0) is 46.3. The molecular formula is C52H62N12O3. The molecule has 5 aromatic carbocycles. The zero-order valence-electron chi connectivity index (χ0n) is 39.0. The second kappa shape index (κ2) is 20.8. The van der Waals surface area contributed by atoms with Crippen LogP contribution in [0.15, 0.2) is 95.2 Å². The van der Waals surface area contributed by atoms with Crippen LogP contribution in [-0.4, -0.2) is 99.2 Å². The van der Waals surface area contributed by atoms with Gasteiger partial charge in [-0.1, -0.05) is 43.2 Å². The van der Waals surface area contributed by atoms with Gasteiger partial charge < -0.3 is 45.9 Å². The van der Waals surface area contributed by atoms with E-state index in [1.54, 1.807) is 25.3 Å². The molecule has 9 rings (SSSR count). The number of aryl methyl sites for hydroxylation is 1. The van der Waals surface area contributed by atoms with E-state index in [4.69, 9.17) is 19.7 Å². The number of carbonyl (C=O) groups excluding carboxylic acids is 1. The van der Waals surface area contributed by atoms with Crippen LogP contribution in [0.5, 0.6) is 11.5 Å². The summed E-state index contributed by atoms with van der Waals surface area (Å²) in [4.78, 5) is 36.9. The number of phenolic OH excluding ortho intramolecular Hbond substituents is 1. The van der Waals surface area contributed by atoms with E-state index < -0.39 is 5.91 Å². The number of para-hydroxylation sites is 1. The lowest BCUT2D eigenvalue weighted by Gasteiger charge is -2.33. The lowest BCUT2D eigenvalue weighted by Crippen LogP contribution is -2.38. The summed E-state index contributed by atoms with van der Waals surface area (Å²) in [6, 6.07) is 27.8. The third-order valence-corrected chi connectivity index (χ3v) is 13.4. The number of aromatic nitrogens is 4. The standard InChI is InChI=1S/C52H62N12O3/c1-33-31-39(67-4)22-24-43(33)57-49(66)42-32-36-17-23-41-40-15-5-6-16-44(40)56-46(41)45(36)47(48(42)65)62-61-38-20-18-37(19-21-38)55-52-59-50(53-25-11-29-63-27-9-7-13-34(63)2)58-51(60-52)54-26-12-30-64-28-10-8-14-35(64)3/h5-6,15-24,31-32,34-35,56,65H,7-14,25-30H2,1-4H3,(H,57,66)(H3,53,54,55,58,59,60). The van der Waals surface area contributed by atoms with Crippen molar-refractivity contribution in [2.24, 2.45) is 10.2 Å². The highest BCUT2D eigenvalue weighted by Gasteiger charge is 2.23. The largest absolute Gasteiger partial charge is 0.505 e. The van der Waals surface area contributed by atoms with Crippen LogP contribution in [0.3, 0.4) is 0 Å². The Morgan fingerprint density at radius 2 is 1.46 bits per heavy atom. The van der Waals surface area contributed by atoms with E-state index in [0.29, 0.717) is 52.4 Å². The van der Waals surface area contributed by atoms with Gasteiger partial charge in [0.25, 0.3) is 5.91 Å². The first-order valence-corrected chi connectivity index (χ1v) is 23.9. The number of anilines is 5. The van der Waals surface area contributed by atoms with Crippen molar-refractivity contribution in [2.75, 3.05) is 67.6 Å². The topological polar surface area (TPSA) is 180 Å². The zero-order valence-corrected chi connectivity index (χ0v) is 39.0. The van der Waals surface area contributed by atoms with Crippen molar-refractivity contribution in [1.29, 1.82) is 0 Å². The molecule has 0 bridgehead atoms. The molecule has 6 N–H and O–H groups in total. The molecule has 1 amide bonds. The summed E-state index contributed by atoms with van der Waals surface area (Å²) in [6.07, 6.45) is 9.69. The van der Waals surface area contributed by atoms with Crippen LogP contribution in [0.25, 0.3) is 32.6 Å². The first-order chi connectivity index (χ1) is 32.7. The van der Waals surface area contributed by atoms with Gasteiger partial charge in [-0.15, -0.1) is 5.11 Å². The fraction of sp³-hybridized carbons (Fsp3) is 0.385. The van der Waals surface area contributed by atoms with Gasteiger partial charge in [-0.2, -0.15) is 20.1 Å². The maximum absolute atomic E-state index is 13.9. The Labute approximate surface area is 391 Å². The number of benzene rings is 5. The van der Waals surface area contributed by atoms with Crippen molar-refractivity contribution >= 4 is 79.1 Å². The van der Waals surface area contributed by atoms with E-state index >= 15 is 0 Å². The maximum atomic E-state index is 13.9. The molecule has 4 heterocycles. The minimum Gasteiger partial charge on any atom is -0.505 e. The van der Waals surface area contributed by atoms with Gasteiger partial charge in [-0.05, 0) is 138 Å². The Bertz CT molecular complexity index is 2830. The van der Waals surface area contributed by atoms with Gasteiger partial charge in [0.05, 0.1) is 23.9 Å². The summed E-state index contributed by atoms with van der Waals surface area (Å²) in [7, 11) is 1.60. The van der Waals surface area contributed by atoms with E-state index in [1.165, 1.54) is 38.5 Å². The number of hydrogen-bond donors (Lipinski definition) is 6. The molecule has 2 aliphatic rings. The molecular weight excluding hydrogens is 841 g/mol. The Balaban J connectivity index is 0.953.